The number of aliphatic hydroxyl groups excluding tert-OH is 1. The smallest absolute Gasteiger partial charge is 0.323 e. The van der Waals surface area contributed by atoms with Gasteiger partial charge in [-0.3, -0.25) is 4.79 Å². The fourth-order valence-electron chi connectivity index (χ4n) is 1.92. The van der Waals surface area contributed by atoms with Crippen LogP contribution in [0.15, 0.2) is 0 Å². The molecule has 0 unspecified atom stereocenters. The number of hydrogen-bond acceptors (Lipinski definition) is 3. The summed E-state index contributed by atoms with van der Waals surface area (Å²) in [5.41, 5.74) is 0. The van der Waals surface area contributed by atoms with Crippen LogP contribution in [0.5, 0.6) is 0 Å². The van der Waals surface area contributed by atoms with Crippen LogP contribution in [0.3, 0.4) is 0 Å². The number of carboxylic acids is 1. The summed E-state index contributed by atoms with van der Waals surface area (Å²) in [6, 6.07) is -0.475. The maximum Gasteiger partial charge on any atom is 0.323 e. The van der Waals surface area contributed by atoms with Crippen molar-refractivity contribution in [3.63, 3.8) is 0 Å². The summed E-state index contributed by atoms with van der Waals surface area (Å²) in [6.45, 7) is 3.38. The van der Waals surface area contributed by atoms with Crippen LogP contribution >= 0.6 is 0 Å². The molecule has 0 aromatic rings. The van der Waals surface area contributed by atoms with Gasteiger partial charge in [-0.25, -0.2) is 4.79 Å². The highest BCUT2D eigenvalue weighted by Crippen LogP contribution is 2.11. The van der Waals surface area contributed by atoms with Crippen molar-refractivity contribution in [1.29, 1.82) is 0 Å². The number of aliphatic hydroxyl groups is 1. The third kappa shape index (κ3) is 5.62. The van der Waals surface area contributed by atoms with E-state index in [1.165, 1.54) is 4.90 Å². The van der Waals surface area contributed by atoms with Gasteiger partial charge in [-0.1, -0.05) is 19.8 Å². The van der Waals surface area contributed by atoms with Crippen LogP contribution in [0.2, 0.25) is 0 Å². The lowest BCUT2D eigenvalue weighted by molar-refractivity contribution is -0.137. The number of carbonyl (C=O) groups is 2. The van der Waals surface area contributed by atoms with Crippen LogP contribution in [0.1, 0.15) is 26.7 Å². The topological polar surface area (TPSA) is 81.1 Å². The Morgan fingerprint density at radius 3 is 2.26 bits per heavy atom. The number of urea groups is 1. The Labute approximate surface area is 114 Å². The molecular formula is C13H22N2O4. The monoisotopic (exact) mass is 270 g/mol. The first kappa shape index (κ1) is 17.3. The SMILES string of the molecule is C#CCN(CC(=O)O)C(=O)N(CCO)C(CC)CC. The maximum absolute atomic E-state index is 12.3. The Kier molecular flexibility index (Phi) is 8.38. The van der Waals surface area contributed by atoms with E-state index in [4.69, 9.17) is 16.6 Å². The number of aliphatic carboxylic acids is 1. The third-order valence-electron chi connectivity index (χ3n) is 2.85. The fourth-order valence-corrected chi connectivity index (χ4v) is 1.92. The van der Waals surface area contributed by atoms with E-state index in [1.807, 2.05) is 13.8 Å². The fraction of sp³-hybridized carbons (Fsp3) is 0.692. The van der Waals surface area contributed by atoms with Crippen molar-refractivity contribution < 1.29 is 19.8 Å². The number of terminal acetylenes is 1. The van der Waals surface area contributed by atoms with E-state index in [0.717, 1.165) is 17.7 Å². The molecule has 0 radical (unpaired) electrons. The molecule has 6 heteroatoms. The number of nitrogens with zero attached hydrogens (tertiary/aromatic N) is 2. The molecule has 0 aromatic heterocycles. The summed E-state index contributed by atoms with van der Waals surface area (Å²) in [6.07, 6.45) is 6.62. The van der Waals surface area contributed by atoms with E-state index >= 15 is 0 Å². The Morgan fingerprint density at radius 1 is 1.32 bits per heavy atom. The van der Waals surface area contributed by atoms with Crippen molar-refractivity contribution in [2.45, 2.75) is 32.7 Å². The van der Waals surface area contributed by atoms with Crippen molar-refractivity contribution in [1.82, 2.24) is 9.80 Å². The number of hydrogen-bond donors (Lipinski definition) is 2. The number of rotatable bonds is 8. The van der Waals surface area contributed by atoms with Gasteiger partial charge in [0, 0.05) is 12.6 Å². The molecule has 2 amide bonds. The molecule has 0 aromatic carbocycles. The van der Waals surface area contributed by atoms with Crippen LogP contribution in [-0.4, -0.2) is 64.3 Å². The molecule has 0 spiro atoms. The van der Waals surface area contributed by atoms with Crippen LogP contribution < -0.4 is 0 Å². The number of carboxylic acid groups (broad SMARTS) is 1. The Bertz CT molecular complexity index is 334. The van der Waals surface area contributed by atoms with Gasteiger partial charge in [0.15, 0.2) is 0 Å². The highest BCUT2D eigenvalue weighted by molar-refractivity contribution is 5.80. The highest BCUT2D eigenvalue weighted by Gasteiger charge is 2.26. The van der Waals surface area contributed by atoms with E-state index in [2.05, 4.69) is 5.92 Å². The Hall–Kier alpha value is -1.74. The molecule has 108 valence electrons. The summed E-state index contributed by atoms with van der Waals surface area (Å²) in [5, 5.41) is 17.8. The molecule has 2 N–H and O–H groups in total. The molecule has 0 fully saturated rings. The van der Waals surface area contributed by atoms with E-state index in [1.54, 1.807) is 0 Å². The molecule has 0 aliphatic rings. The van der Waals surface area contributed by atoms with Gasteiger partial charge in [0.2, 0.25) is 0 Å². The van der Waals surface area contributed by atoms with Crippen LogP contribution in [-0.2, 0) is 4.79 Å². The van der Waals surface area contributed by atoms with Gasteiger partial charge in [0.25, 0.3) is 0 Å². The predicted molar refractivity (Wildman–Crippen MR) is 71.6 cm³/mol. The van der Waals surface area contributed by atoms with Gasteiger partial charge in [-0.05, 0) is 12.8 Å². The maximum atomic E-state index is 12.3. The zero-order valence-electron chi connectivity index (χ0n) is 11.5. The molecule has 0 saturated heterocycles. The second-order valence-electron chi connectivity index (χ2n) is 4.12. The van der Waals surface area contributed by atoms with Crippen molar-refractivity contribution >= 4 is 12.0 Å². The van der Waals surface area contributed by atoms with Gasteiger partial charge in [0.1, 0.15) is 6.54 Å². The first-order chi connectivity index (χ1) is 9.01. The minimum atomic E-state index is -1.11. The zero-order valence-corrected chi connectivity index (χ0v) is 11.5. The minimum absolute atomic E-state index is 0.0336. The lowest BCUT2D eigenvalue weighted by Gasteiger charge is -2.34. The Balaban J connectivity index is 5.00. The summed E-state index contributed by atoms with van der Waals surface area (Å²) < 4.78 is 0. The summed E-state index contributed by atoms with van der Waals surface area (Å²) in [5.74, 6) is 1.16. The lowest BCUT2D eigenvalue weighted by atomic mass is 10.1. The molecule has 0 aliphatic carbocycles. The first-order valence-electron chi connectivity index (χ1n) is 6.33. The quantitative estimate of drug-likeness (QED) is 0.633. The zero-order chi connectivity index (χ0) is 14.8. The van der Waals surface area contributed by atoms with E-state index < -0.39 is 18.5 Å². The molecular weight excluding hydrogens is 248 g/mol. The summed E-state index contributed by atoms with van der Waals surface area (Å²) >= 11 is 0. The van der Waals surface area contributed by atoms with Crippen molar-refractivity contribution in [3.05, 3.63) is 0 Å². The van der Waals surface area contributed by atoms with Gasteiger partial charge in [-0.2, -0.15) is 0 Å². The normalized spacial score (nSPS) is 10.1. The van der Waals surface area contributed by atoms with E-state index in [-0.39, 0.29) is 25.7 Å². The van der Waals surface area contributed by atoms with Crippen molar-refractivity contribution in [2.24, 2.45) is 0 Å². The second-order valence-corrected chi connectivity index (χ2v) is 4.12. The molecule has 0 saturated carbocycles. The Morgan fingerprint density at radius 2 is 1.89 bits per heavy atom. The van der Waals surface area contributed by atoms with E-state index in [0.29, 0.717) is 0 Å². The minimum Gasteiger partial charge on any atom is -0.480 e. The standard InChI is InChI=1S/C13H22N2O4/c1-4-7-14(10-12(17)18)13(19)15(8-9-16)11(5-2)6-3/h1,11,16H,5-10H2,2-3H3,(H,17,18). The number of amides is 2. The van der Waals surface area contributed by atoms with Gasteiger partial charge < -0.3 is 20.0 Å². The third-order valence-corrected chi connectivity index (χ3v) is 2.85. The van der Waals surface area contributed by atoms with Crippen molar-refractivity contribution in [2.75, 3.05) is 26.2 Å². The van der Waals surface area contributed by atoms with Gasteiger partial charge >= 0.3 is 12.0 Å². The molecule has 0 bridgehead atoms. The summed E-state index contributed by atoms with van der Waals surface area (Å²) in [4.78, 5) is 25.6. The lowest BCUT2D eigenvalue weighted by Crippen LogP contribution is -2.50. The van der Waals surface area contributed by atoms with Gasteiger partial charge in [-0.15, -0.1) is 6.42 Å². The predicted octanol–water partition coefficient (Wildman–Crippen LogP) is 0.609. The van der Waals surface area contributed by atoms with Gasteiger partial charge in [0.05, 0.1) is 13.2 Å². The average molecular weight is 270 g/mol. The second kappa shape index (κ2) is 9.22. The molecule has 19 heavy (non-hydrogen) atoms. The van der Waals surface area contributed by atoms with E-state index in [9.17, 15) is 9.59 Å². The largest absolute Gasteiger partial charge is 0.480 e. The van der Waals surface area contributed by atoms with Crippen molar-refractivity contribution in [3.8, 4) is 12.3 Å². The molecule has 0 aliphatic heterocycles. The molecule has 6 nitrogen and oxygen atoms in total. The highest BCUT2D eigenvalue weighted by atomic mass is 16.4. The summed E-state index contributed by atoms with van der Waals surface area (Å²) in [7, 11) is 0. The van der Waals surface area contributed by atoms with Crippen LogP contribution in [0.4, 0.5) is 4.79 Å². The van der Waals surface area contributed by atoms with Crippen LogP contribution in [0, 0.1) is 12.3 Å². The van der Waals surface area contributed by atoms with Crippen LogP contribution in [0.25, 0.3) is 0 Å². The average Bonchev–Trinajstić information content (AvgIpc) is 2.37. The number of carbonyl (C=O) groups excluding carboxylic acids is 1. The molecule has 0 heterocycles. The first-order valence-corrected chi connectivity index (χ1v) is 6.33. The molecule has 0 rings (SSSR count). The molecule has 0 atom stereocenters.